The van der Waals surface area contributed by atoms with Gasteiger partial charge in [0.2, 0.25) is 0 Å². The van der Waals surface area contributed by atoms with Crippen molar-refractivity contribution in [2.45, 2.75) is 11.8 Å². The molecule has 1 heterocycles. The van der Waals surface area contributed by atoms with Gasteiger partial charge in [-0.3, -0.25) is 0 Å². The summed E-state index contributed by atoms with van der Waals surface area (Å²) in [5.74, 6) is 3.67. The number of alkyl halides is 3. The van der Waals surface area contributed by atoms with Gasteiger partial charge in [-0.25, -0.2) is 4.98 Å². The van der Waals surface area contributed by atoms with Crippen LogP contribution in [0.15, 0.2) is 42.7 Å². The van der Waals surface area contributed by atoms with Crippen molar-refractivity contribution in [3.8, 4) is 11.8 Å². The standard InChI is InChI=1S/C14H11F3N2O/c1-19-10-9-18-12(19)13(20,14(15,16)17)8-7-11-5-3-2-4-6-11/h2-6,9-10,20H,1H3. The van der Waals surface area contributed by atoms with E-state index in [9.17, 15) is 18.3 Å². The molecular formula is C14H11F3N2O. The Morgan fingerprint density at radius 3 is 2.35 bits per heavy atom. The zero-order valence-electron chi connectivity index (χ0n) is 10.5. The Morgan fingerprint density at radius 1 is 1.20 bits per heavy atom. The van der Waals surface area contributed by atoms with Crippen molar-refractivity contribution in [2.24, 2.45) is 7.05 Å². The van der Waals surface area contributed by atoms with Crippen LogP contribution in [-0.2, 0) is 12.6 Å². The van der Waals surface area contributed by atoms with E-state index in [1.165, 1.54) is 19.4 Å². The fourth-order valence-corrected chi connectivity index (χ4v) is 1.65. The number of aryl methyl sites for hydroxylation is 1. The molecule has 0 aliphatic heterocycles. The van der Waals surface area contributed by atoms with Gasteiger partial charge in [0.05, 0.1) is 0 Å². The molecule has 0 fully saturated rings. The SMILES string of the molecule is Cn1ccnc1C(O)(C#Cc1ccccc1)C(F)(F)F. The third-order valence-electron chi connectivity index (χ3n) is 2.72. The van der Waals surface area contributed by atoms with Crippen molar-refractivity contribution in [2.75, 3.05) is 0 Å². The number of aromatic nitrogens is 2. The molecule has 0 saturated carbocycles. The monoisotopic (exact) mass is 280 g/mol. The van der Waals surface area contributed by atoms with Crippen LogP contribution in [0.3, 0.4) is 0 Å². The van der Waals surface area contributed by atoms with Crippen LogP contribution < -0.4 is 0 Å². The Balaban J connectivity index is 2.51. The molecule has 3 nitrogen and oxygen atoms in total. The number of nitrogens with zero attached hydrogens (tertiary/aromatic N) is 2. The van der Waals surface area contributed by atoms with Gasteiger partial charge in [-0.15, -0.1) is 0 Å². The van der Waals surface area contributed by atoms with Crippen LogP contribution in [0.1, 0.15) is 11.4 Å². The van der Waals surface area contributed by atoms with E-state index in [4.69, 9.17) is 0 Å². The molecule has 0 spiro atoms. The Morgan fingerprint density at radius 2 is 1.85 bits per heavy atom. The van der Waals surface area contributed by atoms with E-state index in [1.54, 1.807) is 30.3 Å². The molecule has 0 bridgehead atoms. The molecule has 1 N–H and O–H groups in total. The predicted octanol–water partition coefficient (Wildman–Crippen LogP) is 2.22. The first-order valence-corrected chi connectivity index (χ1v) is 5.70. The number of imidazole rings is 1. The van der Waals surface area contributed by atoms with E-state index >= 15 is 0 Å². The van der Waals surface area contributed by atoms with E-state index in [0.717, 1.165) is 4.57 Å². The van der Waals surface area contributed by atoms with Crippen LogP contribution >= 0.6 is 0 Å². The summed E-state index contributed by atoms with van der Waals surface area (Å²) in [6, 6.07) is 8.14. The van der Waals surface area contributed by atoms with Crippen LogP contribution in [-0.4, -0.2) is 20.8 Å². The van der Waals surface area contributed by atoms with Crippen molar-refractivity contribution in [1.82, 2.24) is 9.55 Å². The lowest BCUT2D eigenvalue weighted by atomic mass is 10.0. The lowest BCUT2D eigenvalue weighted by molar-refractivity contribution is -0.244. The minimum Gasteiger partial charge on any atom is -0.364 e. The molecule has 1 aromatic carbocycles. The summed E-state index contributed by atoms with van der Waals surface area (Å²) in [5.41, 5.74) is -2.93. The molecule has 0 aliphatic rings. The molecule has 20 heavy (non-hydrogen) atoms. The fourth-order valence-electron chi connectivity index (χ4n) is 1.65. The van der Waals surface area contributed by atoms with Crippen molar-refractivity contribution >= 4 is 0 Å². The molecule has 1 unspecified atom stereocenters. The van der Waals surface area contributed by atoms with Gasteiger partial charge in [-0.1, -0.05) is 24.1 Å². The van der Waals surface area contributed by atoms with E-state index in [0.29, 0.717) is 5.56 Å². The molecule has 0 aliphatic carbocycles. The maximum atomic E-state index is 13.1. The van der Waals surface area contributed by atoms with E-state index in [1.807, 2.05) is 5.92 Å². The lowest BCUT2D eigenvalue weighted by Gasteiger charge is -2.24. The molecule has 104 valence electrons. The molecule has 6 heteroatoms. The highest BCUT2D eigenvalue weighted by Crippen LogP contribution is 2.37. The maximum Gasteiger partial charge on any atom is 0.436 e. The fraction of sp³-hybridized carbons (Fsp3) is 0.214. The normalized spacial score (nSPS) is 14.2. The highest BCUT2D eigenvalue weighted by atomic mass is 19.4. The molecule has 1 atom stereocenters. The number of halogens is 3. The topological polar surface area (TPSA) is 38.0 Å². The molecule has 1 aromatic heterocycles. The molecule has 0 saturated heterocycles. The van der Waals surface area contributed by atoms with Crippen molar-refractivity contribution in [3.63, 3.8) is 0 Å². The van der Waals surface area contributed by atoms with Crippen molar-refractivity contribution < 1.29 is 18.3 Å². The average Bonchev–Trinajstić information content (AvgIpc) is 2.82. The summed E-state index contributed by atoms with van der Waals surface area (Å²) >= 11 is 0. The van der Waals surface area contributed by atoms with Gasteiger partial charge < -0.3 is 9.67 Å². The van der Waals surface area contributed by atoms with Gasteiger partial charge in [0.25, 0.3) is 5.60 Å². The highest BCUT2D eigenvalue weighted by molar-refractivity contribution is 5.38. The van der Waals surface area contributed by atoms with Crippen molar-refractivity contribution in [1.29, 1.82) is 0 Å². The second-order valence-electron chi connectivity index (χ2n) is 4.19. The van der Waals surface area contributed by atoms with Crippen LogP contribution in [0.2, 0.25) is 0 Å². The van der Waals surface area contributed by atoms with Crippen molar-refractivity contribution in [3.05, 3.63) is 54.1 Å². The smallest absolute Gasteiger partial charge is 0.364 e. The molecular weight excluding hydrogens is 269 g/mol. The van der Waals surface area contributed by atoms with Gasteiger partial charge in [-0.05, 0) is 18.1 Å². The lowest BCUT2D eigenvalue weighted by Crippen LogP contribution is -2.43. The van der Waals surface area contributed by atoms with Gasteiger partial charge in [0.1, 0.15) is 0 Å². The maximum absolute atomic E-state index is 13.1. The molecule has 0 amide bonds. The quantitative estimate of drug-likeness (QED) is 0.813. The minimum absolute atomic E-state index is 0.379. The van der Waals surface area contributed by atoms with Crippen LogP contribution in [0.25, 0.3) is 0 Å². The Kier molecular flexibility index (Phi) is 3.55. The Bertz CT molecular complexity index is 652. The van der Waals surface area contributed by atoms with Crippen LogP contribution in [0, 0.1) is 11.8 Å². The Hall–Kier alpha value is -2.26. The summed E-state index contributed by atoms with van der Waals surface area (Å²) in [5, 5.41) is 9.97. The summed E-state index contributed by atoms with van der Waals surface area (Å²) in [6.07, 6.45) is -2.46. The molecule has 2 rings (SSSR count). The second-order valence-corrected chi connectivity index (χ2v) is 4.19. The van der Waals surface area contributed by atoms with E-state index in [-0.39, 0.29) is 0 Å². The summed E-state index contributed by atoms with van der Waals surface area (Å²) in [7, 11) is 1.36. The number of benzene rings is 1. The average molecular weight is 280 g/mol. The number of rotatable bonds is 1. The van der Waals surface area contributed by atoms with Gasteiger partial charge in [-0.2, -0.15) is 13.2 Å². The molecule has 2 aromatic rings. The zero-order valence-corrected chi connectivity index (χ0v) is 10.5. The minimum atomic E-state index is -4.95. The number of hydrogen-bond acceptors (Lipinski definition) is 2. The van der Waals surface area contributed by atoms with Crippen LogP contribution in [0.5, 0.6) is 0 Å². The third-order valence-corrected chi connectivity index (χ3v) is 2.72. The van der Waals surface area contributed by atoms with Gasteiger partial charge in [0, 0.05) is 25.0 Å². The zero-order chi connectivity index (χ0) is 14.8. The predicted molar refractivity (Wildman–Crippen MR) is 66.5 cm³/mol. The van der Waals surface area contributed by atoms with Gasteiger partial charge in [0.15, 0.2) is 5.82 Å². The largest absolute Gasteiger partial charge is 0.436 e. The van der Waals surface area contributed by atoms with E-state index in [2.05, 4.69) is 10.9 Å². The first-order chi connectivity index (χ1) is 9.34. The highest BCUT2D eigenvalue weighted by Gasteiger charge is 2.57. The van der Waals surface area contributed by atoms with Gasteiger partial charge >= 0.3 is 6.18 Å². The second kappa shape index (κ2) is 5.02. The number of aliphatic hydroxyl groups is 1. The van der Waals surface area contributed by atoms with E-state index < -0.39 is 17.6 Å². The third kappa shape index (κ3) is 2.53. The summed E-state index contributed by atoms with van der Waals surface area (Å²) < 4.78 is 40.5. The molecule has 0 radical (unpaired) electrons. The summed E-state index contributed by atoms with van der Waals surface area (Å²) in [4.78, 5) is 3.56. The Labute approximate surface area is 113 Å². The first-order valence-electron chi connectivity index (χ1n) is 5.70. The summed E-state index contributed by atoms with van der Waals surface area (Å²) in [6.45, 7) is 0. The van der Waals surface area contributed by atoms with Crippen LogP contribution in [0.4, 0.5) is 13.2 Å². The number of hydrogen-bond donors (Lipinski definition) is 1. The first kappa shape index (κ1) is 14.2.